The minimum atomic E-state index is -7.35. The lowest BCUT2D eigenvalue weighted by molar-refractivity contribution is -0.385. The smallest absolute Gasteiger partial charge is 0.203 e. The van der Waals surface area contributed by atoms with E-state index < -0.39 is 61.7 Å². The summed E-state index contributed by atoms with van der Waals surface area (Å²) < 4.78 is 176. The monoisotopic (exact) mass is 394 g/mol. The molecule has 14 heteroatoms. The van der Waals surface area contributed by atoms with E-state index in [0.717, 1.165) is 0 Å². The lowest BCUT2D eigenvalue weighted by atomic mass is 9.93. The minimum absolute atomic E-state index is 0.497. The third-order valence-electron chi connectivity index (χ3n) is 2.94. The molecule has 0 atom stereocenters. The standard InChI is InChI=1S/C10H8F14/c1-5(13,14)6(15,16)2-3-7(17,18)9(21,22)10(23,24)8(19,20)4(11)12/h4H,2-3H2,1H3. The van der Waals surface area contributed by atoms with Crippen LogP contribution >= 0.6 is 0 Å². The van der Waals surface area contributed by atoms with Crippen LogP contribution in [0.2, 0.25) is 0 Å². The molecule has 0 heterocycles. The Bertz CT molecular complexity index is 431. The highest BCUT2D eigenvalue weighted by Crippen LogP contribution is 2.56. The van der Waals surface area contributed by atoms with Crippen molar-refractivity contribution < 1.29 is 61.5 Å². The van der Waals surface area contributed by atoms with Gasteiger partial charge in [-0.15, -0.1) is 0 Å². The zero-order valence-corrected chi connectivity index (χ0v) is 11.3. The van der Waals surface area contributed by atoms with Crippen molar-refractivity contribution in [2.24, 2.45) is 0 Å². The van der Waals surface area contributed by atoms with Gasteiger partial charge < -0.3 is 0 Å². The first-order valence-electron chi connectivity index (χ1n) is 5.70. The summed E-state index contributed by atoms with van der Waals surface area (Å²) in [6.07, 6.45) is -11.4. The van der Waals surface area contributed by atoms with E-state index in [9.17, 15) is 61.5 Å². The number of hydrogen-bond acceptors (Lipinski definition) is 0. The van der Waals surface area contributed by atoms with E-state index in [-0.39, 0.29) is 0 Å². The molecule has 0 aliphatic rings. The largest absolute Gasteiger partial charge is 0.384 e. The van der Waals surface area contributed by atoms with Gasteiger partial charge in [-0.2, -0.15) is 43.9 Å². The second-order valence-electron chi connectivity index (χ2n) is 4.87. The Kier molecular flexibility index (Phi) is 5.83. The lowest BCUT2D eigenvalue weighted by Gasteiger charge is -2.37. The summed E-state index contributed by atoms with van der Waals surface area (Å²) in [4.78, 5) is 0. The summed E-state index contributed by atoms with van der Waals surface area (Å²) in [5.41, 5.74) is 0. The molecule has 0 aromatic carbocycles. The SMILES string of the molecule is CC(F)(F)C(F)(F)CCC(F)(F)C(F)(F)C(F)(F)C(F)(F)C(F)F. The van der Waals surface area contributed by atoms with Gasteiger partial charge in [0.1, 0.15) is 0 Å². The maximum Gasteiger partial charge on any atom is 0.384 e. The van der Waals surface area contributed by atoms with E-state index in [1.165, 1.54) is 0 Å². The summed E-state index contributed by atoms with van der Waals surface area (Å²) >= 11 is 0. The Hall–Kier alpha value is -0.980. The first kappa shape index (κ1) is 23.0. The molecule has 0 unspecified atom stereocenters. The van der Waals surface area contributed by atoms with Crippen LogP contribution < -0.4 is 0 Å². The highest BCUT2D eigenvalue weighted by molar-refractivity contribution is 5.05. The number of alkyl halides is 14. The van der Waals surface area contributed by atoms with Gasteiger partial charge in [0.2, 0.25) is 0 Å². The Morgan fingerprint density at radius 2 is 0.917 bits per heavy atom. The summed E-state index contributed by atoms with van der Waals surface area (Å²) in [7, 11) is 0. The van der Waals surface area contributed by atoms with Crippen LogP contribution in [0, 0.1) is 0 Å². The van der Waals surface area contributed by atoms with E-state index in [1.54, 1.807) is 0 Å². The summed E-state index contributed by atoms with van der Waals surface area (Å²) in [5.74, 6) is -38.3. The van der Waals surface area contributed by atoms with Gasteiger partial charge in [0, 0.05) is 19.8 Å². The highest BCUT2D eigenvalue weighted by atomic mass is 19.4. The zero-order chi connectivity index (χ0) is 20.0. The Morgan fingerprint density at radius 1 is 0.583 bits per heavy atom. The van der Waals surface area contributed by atoms with Gasteiger partial charge in [-0.1, -0.05) is 0 Å². The molecule has 0 fully saturated rings. The fourth-order valence-corrected chi connectivity index (χ4v) is 1.27. The molecule has 0 N–H and O–H groups in total. The molecule has 0 bridgehead atoms. The number of rotatable bonds is 8. The van der Waals surface area contributed by atoms with Gasteiger partial charge in [0.15, 0.2) is 0 Å². The molecule has 0 aromatic heterocycles. The third-order valence-corrected chi connectivity index (χ3v) is 2.94. The molecule has 0 amide bonds. The van der Waals surface area contributed by atoms with Crippen LogP contribution in [0.1, 0.15) is 19.8 Å². The molecule has 0 aliphatic heterocycles. The average molecular weight is 394 g/mol. The number of hydrogen-bond donors (Lipinski definition) is 0. The third kappa shape index (κ3) is 3.65. The molecule has 0 aliphatic carbocycles. The van der Waals surface area contributed by atoms with E-state index in [1.807, 2.05) is 0 Å². The first-order valence-corrected chi connectivity index (χ1v) is 5.70. The van der Waals surface area contributed by atoms with Crippen molar-refractivity contribution >= 4 is 0 Å². The fourth-order valence-electron chi connectivity index (χ4n) is 1.27. The molecular weight excluding hydrogens is 386 g/mol. The van der Waals surface area contributed by atoms with Crippen molar-refractivity contribution in [1.82, 2.24) is 0 Å². The Balaban J connectivity index is 5.62. The van der Waals surface area contributed by atoms with Gasteiger partial charge in [-0.05, 0) is 0 Å². The minimum Gasteiger partial charge on any atom is -0.203 e. The topological polar surface area (TPSA) is 0 Å². The molecule has 0 radical (unpaired) electrons. The van der Waals surface area contributed by atoms with Gasteiger partial charge in [-0.3, -0.25) is 0 Å². The first-order chi connectivity index (χ1) is 10.2. The molecule has 0 spiro atoms. The summed E-state index contributed by atoms with van der Waals surface area (Å²) in [6.45, 7) is -0.497. The van der Waals surface area contributed by atoms with Gasteiger partial charge in [0.05, 0.1) is 0 Å². The van der Waals surface area contributed by atoms with Gasteiger partial charge in [0.25, 0.3) is 0 Å². The van der Waals surface area contributed by atoms with Crippen molar-refractivity contribution in [2.75, 3.05) is 0 Å². The van der Waals surface area contributed by atoms with E-state index in [2.05, 4.69) is 0 Å². The molecule has 0 aromatic rings. The molecule has 24 heavy (non-hydrogen) atoms. The predicted octanol–water partition coefficient (Wildman–Crippen LogP) is 5.86. The van der Waals surface area contributed by atoms with Gasteiger partial charge in [-0.25, -0.2) is 17.6 Å². The maximum atomic E-state index is 13.0. The van der Waals surface area contributed by atoms with Crippen molar-refractivity contribution in [3.8, 4) is 0 Å². The van der Waals surface area contributed by atoms with Crippen LogP contribution in [0.3, 0.4) is 0 Å². The second kappa shape index (κ2) is 6.07. The van der Waals surface area contributed by atoms with Crippen LogP contribution in [0.5, 0.6) is 0 Å². The second-order valence-corrected chi connectivity index (χ2v) is 4.87. The molecule has 0 saturated carbocycles. The molecular formula is C10H8F14. The summed E-state index contributed by atoms with van der Waals surface area (Å²) in [5, 5.41) is 0. The Morgan fingerprint density at radius 3 is 1.21 bits per heavy atom. The Labute approximate surface area is 124 Å². The van der Waals surface area contributed by atoms with E-state index in [0.29, 0.717) is 0 Å². The summed E-state index contributed by atoms with van der Waals surface area (Å²) in [6, 6.07) is 0. The average Bonchev–Trinajstić information content (AvgIpc) is 2.34. The van der Waals surface area contributed by atoms with Crippen LogP contribution in [0.15, 0.2) is 0 Å². The highest BCUT2D eigenvalue weighted by Gasteiger charge is 2.82. The van der Waals surface area contributed by atoms with Crippen molar-refractivity contribution in [1.29, 1.82) is 0 Å². The number of halogens is 14. The zero-order valence-electron chi connectivity index (χ0n) is 11.3. The molecule has 146 valence electrons. The molecule has 0 saturated heterocycles. The van der Waals surface area contributed by atoms with E-state index >= 15 is 0 Å². The van der Waals surface area contributed by atoms with Crippen molar-refractivity contribution in [2.45, 2.75) is 61.7 Å². The molecule has 0 nitrogen and oxygen atoms in total. The van der Waals surface area contributed by atoms with Crippen LogP contribution in [0.25, 0.3) is 0 Å². The molecule has 0 rings (SSSR count). The predicted molar refractivity (Wildman–Crippen MR) is 50.6 cm³/mol. The maximum absolute atomic E-state index is 13.0. The van der Waals surface area contributed by atoms with E-state index in [4.69, 9.17) is 0 Å². The van der Waals surface area contributed by atoms with Crippen LogP contribution in [-0.2, 0) is 0 Å². The lowest BCUT2D eigenvalue weighted by Crippen LogP contribution is -2.64. The van der Waals surface area contributed by atoms with Crippen LogP contribution in [-0.4, -0.2) is 42.0 Å². The fraction of sp³-hybridized carbons (Fsp3) is 1.00. The van der Waals surface area contributed by atoms with Crippen LogP contribution in [0.4, 0.5) is 61.5 Å². The van der Waals surface area contributed by atoms with Gasteiger partial charge >= 0.3 is 42.0 Å². The normalized spacial score (nSPS) is 16.0. The van der Waals surface area contributed by atoms with Crippen molar-refractivity contribution in [3.63, 3.8) is 0 Å². The quantitative estimate of drug-likeness (QED) is 0.452. The van der Waals surface area contributed by atoms with Crippen molar-refractivity contribution in [3.05, 3.63) is 0 Å².